The average molecular weight is 232 g/mol. The van der Waals surface area contributed by atoms with E-state index in [2.05, 4.69) is 4.74 Å². The summed E-state index contributed by atoms with van der Waals surface area (Å²) in [4.78, 5) is 33.4. The lowest BCUT2D eigenvalue weighted by molar-refractivity contribution is -0.152. The van der Waals surface area contributed by atoms with E-state index in [-0.39, 0.29) is 5.57 Å². The molecule has 5 nitrogen and oxygen atoms in total. The van der Waals surface area contributed by atoms with Gasteiger partial charge >= 0.3 is 17.9 Å². The van der Waals surface area contributed by atoms with Crippen molar-refractivity contribution in [3.63, 3.8) is 0 Å². The molecule has 0 radical (unpaired) electrons. The standard InChI is InChI=1S/C12H8O5/c13-9-6-8(12(16)17-9)10(11(14)15)7-4-2-1-3-5-7/h1-6,10H,(H,14,15). The number of hydrogen-bond acceptors (Lipinski definition) is 4. The lowest BCUT2D eigenvalue weighted by Gasteiger charge is -2.11. The molecule has 1 N–H and O–H groups in total. The van der Waals surface area contributed by atoms with Crippen LogP contribution in [0.15, 0.2) is 42.0 Å². The maximum Gasteiger partial charge on any atom is 0.343 e. The van der Waals surface area contributed by atoms with Crippen LogP contribution in [0.3, 0.4) is 0 Å². The quantitative estimate of drug-likeness (QED) is 0.617. The smallest absolute Gasteiger partial charge is 0.343 e. The summed E-state index contributed by atoms with van der Waals surface area (Å²) >= 11 is 0. The van der Waals surface area contributed by atoms with E-state index >= 15 is 0 Å². The molecule has 1 heterocycles. The van der Waals surface area contributed by atoms with Crippen LogP contribution in [-0.4, -0.2) is 23.0 Å². The molecule has 0 aromatic heterocycles. The minimum atomic E-state index is -1.20. The van der Waals surface area contributed by atoms with Gasteiger partial charge < -0.3 is 9.84 Å². The number of carbonyl (C=O) groups is 3. The van der Waals surface area contributed by atoms with Crippen molar-refractivity contribution in [3.8, 4) is 0 Å². The van der Waals surface area contributed by atoms with Gasteiger partial charge in [-0.2, -0.15) is 0 Å². The molecule has 1 aliphatic rings. The Labute approximate surface area is 96.3 Å². The van der Waals surface area contributed by atoms with E-state index in [1.54, 1.807) is 30.3 Å². The van der Waals surface area contributed by atoms with Crippen LogP contribution in [0.5, 0.6) is 0 Å². The summed E-state index contributed by atoms with van der Waals surface area (Å²) in [5, 5.41) is 9.13. The summed E-state index contributed by atoms with van der Waals surface area (Å²) < 4.78 is 4.29. The number of hydrogen-bond donors (Lipinski definition) is 1. The average Bonchev–Trinajstić information content (AvgIpc) is 2.59. The Morgan fingerprint density at radius 3 is 2.29 bits per heavy atom. The number of rotatable bonds is 3. The third-order valence-corrected chi connectivity index (χ3v) is 2.39. The van der Waals surface area contributed by atoms with E-state index in [0.29, 0.717) is 5.56 Å². The zero-order chi connectivity index (χ0) is 12.4. The molecule has 2 rings (SSSR count). The molecule has 0 saturated carbocycles. The van der Waals surface area contributed by atoms with Crippen molar-refractivity contribution in [3.05, 3.63) is 47.5 Å². The minimum Gasteiger partial charge on any atom is -0.481 e. The number of aliphatic carboxylic acids is 1. The Balaban J connectivity index is 2.44. The first-order chi connectivity index (χ1) is 8.09. The van der Waals surface area contributed by atoms with Crippen molar-refractivity contribution in [1.82, 2.24) is 0 Å². The van der Waals surface area contributed by atoms with Crippen molar-refractivity contribution in [2.24, 2.45) is 0 Å². The second kappa shape index (κ2) is 4.21. The summed E-state index contributed by atoms with van der Waals surface area (Å²) in [6.45, 7) is 0. The van der Waals surface area contributed by atoms with Gasteiger partial charge in [-0.3, -0.25) is 4.79 Å². The number of esters is 2. The third kappa shape index (κ3) is 2.08. The molecule has 1 unspecified atom stereocenters. The Morgan fingerprint density at radius 1 is 1.18 bits per heavy atom. The number of carboxylic acid groups (broad SMARTS) is 1. The predicted molar refractivity (Wildman–Crippen MR) is 56.0 cm³/mol. The lowest BCUT2D eigenvalue weighted by Crippen LogP contribution is -2.18. The van der Waals surface area contributed by atoms with Gasteiger partial charge in [-0.15, -0.1) is 0 Å². The highest BCUT2D eigenvalue weighted by molar-refractivity contribution is 6.12. The van der Waals surface area contributed by atoms with Gasteiger partial charge in [0.25, 0.3) is 0 Å². The first kappa shape index (κ1) is 11.1. The molecule has 1 aliphatic heterocycles. The number of carbonyl (C=O) groups excluding carboxylic acids is 2. The number of carboxylic acids is 1. The van der Waals surface area contributed by atoms with Crippen molar-refractivity contribution >= 4 is 17.9 Å². The fourth-order valence-electron chi connectivity index (χ4n) is 1.67. The largest absolute Gasteiger partial charge is 0.481 e. The maximum atomic E-state index is 11.3. The summed E-state index contributed by atoms with van der Waals surface area (Å²) in [5.74, 6) is -4.09. The molecular formula is C12H8O5. The van der Waals surface area contributed by atoms with E-state index in [1.165, 1.54) is 0 Å². The fourth-order valence-corrected chi connectivity index (χ4v) is 1.67. The first-order valence-electron chi connectivity index (χ1n) is 4.85. The van der Waals surface area contributed by atoms with Gasteiger partial charge in [0.1, 0.15) is 5.92 Å². The van der Waals surface area contributed by atoms with Crippen LogP contribution in [-0.2, 0) is 19.1 Å². The van der Waals surface area contributed by atoms with Gasteiger partial charge in [-0.25, -0.2) is 9.59 Å². The van der Waals surface area contributed by atoms with Crippen LogP contribution in [0.2, 0.25) is 0 Å². The van der Waals surface area contributed by atoms with Crippen LogP contribution in [0.1, 0.15) is 11.5 Å². The zero-order valence-corrected chi connectivity index (χ0v) is 8.62. The van der Waals surface area contributed by atoms with E-state index in [1.807, 2.05) is 0 Å². The monoisotopic (exact) mass is 232 g/mol. The van der Waals surface area contributed by atoms with Gasteiger partial charge in [0.05, 0.1) is 5.57 Å². The van der Waals surface area contributed by atoms with Crippen LogP contribution in [0.4, 0.5) is 0 Å². The first-order valence-corrected chi connectivity index (χ1v) is 4.85. The molecule has 1 aromatic carbocycles. The fraction of sp³-hybridized carbons (Fsp3) is 0.0833. The summed E-state index contributed by atoms with van der Waals surface area (Å²) in [7, 11) is 0. The molecule has 0 spiro atoms. The van der Waals surface area contributed by atoms with Gasteiger partial charge in [0, 0.05) is 6.08 Å². The van der Waals surface area contributed by atoms with E-state index in [4.69, 9.17) is 5.11 Å². The molecule has 0 bridgehead atoms. The topological polar surface area (TPSA) is 80.7 Å². The van der Waals surface area contributed by atoms with Crippen LogP contribution in [0.25, 0.3) is 0 Å². The molecule has 0 saturated heterocycles. The van der Waals surface area contributed by atoms with E-state index < -0.39 is 23.8 Å². The summed E-state index contributed by atoms with van der Waals surface area (Å²) in [5.41, 5.74) is 0.284. The second-order valence-electron chi connectivity index (χ2n) is 3.49. The zero-order valence-electron chi connectivity index (χ0n) is 8.62. The highest BCUT2D eigenvalue weighted by Gasteiger charge is 2.35. The molecule has 5 heteroatoms. The van der Waals surface area contributed by atoms with Crippen molar-refractivity contribution in [1.29, 1.82) is 0 Å². The molecule has 17 heavy (non-hydrogen) atoms. The molecule has 0 fully saturated rings. The Bertz CT molecular complexity index is 515. The Hall–Kier alpha value is -2.43. The van der Waals surface area contributed by atoms with Crippen molar-refractivity contribution < 1.29 is 24.2 Å². The van der Waals surface area contributed by atoms with Gasteiger partial charge in [-0.1, -0.05) is 30.3 Å². The normalized spacial score (nSPS) is 16.4. The number of benzene rings is 1. The molecule has 0 amide bonds. The Kier molecular flexibility index (Phi) is 2.74. The van der Waals surface area contributed by atoms with Crippen molar-refractivity contribution in [2.75, 3.05) is 0 Å². The predicted octanol–water partition coefficient (Wildman–Crippen LogP) is 0.865. The number of ether oxygens (including phenoxy) is 1. The van der Waals surface area contributed by atoms with Gasteiger partial charge in [-0.05, 0) is 5.56 Å². The highest BCUT2D eigenvalue weighted by Crippen LogP contribution is 2.28. The van der Waals surface area contributed by atoms with Crippen LogP contribution >= 0.6 is 0 Å². The lowest BCUT2D eigenvalue weighted by atomic mass is 9.91. The van der Waals surface area contributed by atoms with Gasteiger partial charge in [0.2, 0.25) is 0 Å². The maximum absolute atomic E-state index is 11.3. The molecular weight excluding hydrogens is 224 g/mol. The highest BCUT2D eigenvalue weighted by atomic mass is 16.6. The van der Waals surface area contributed by atoms with Crippen molar-refractivity contribution in [2.45, 2.75) is 5.92 Å². The second-order valence-corrected chi connectivity index (χ2v) is 3.49. The van der Waals surface area contributed by atoms with Crippen LogP contribution in [0, 0.1) is 0 Å². The Morgan fingerprint density at radius 2 is 1.82 bits per heavy atom. The number of cyclic esters (lactones) is 2. The molecule has 1 aromatic rings. The SMILES string of the molecule is O=C1C=C(C(C(=O)O)c2ccccc2)C(=O)O1. The minimum absolute atomic E-state index is 0.145. The summed E-state index contributed by atoms with van der Waals surface area (Å²) in [6.07, 6.45) is 0.925. The third-order valence-electron chi connectivity index (χ3n) is 2.39. The molecule has 86 valence electrons. The summed E-state index contributed by atoms with van der Waals surface area (Å²) in [6, 6.07) is 8.21. The van der Waals surface area contributed by atoms with Crippen LogP contribution < -0.4 is 0 Å². The molecule has 0 aliphatic carbocycles. The van der Waals surface area contributed by atoms with E-state index in [0.717, 1.165) is 6.08 Å². The molecule has 1 atom stereocenters. The van der Waals surface area contributed by atoms with E-state index in [9.17, 15) is 14.4 Å². The van der Waals surface area contributed by atoms with Gasteiger partial charge in [0.15, 0.2) is 0 Å².